The Bertz CT molecular complexity index is 565. The molecule has 2 nitrogen and oxygen atoms in total. The molecular weight excluding hydrogens is 435 g/mol. The lowest BCUT2D eigenvalue weighted by atomic mass is 9.91. The molecule has 0 saturated heterocycles. The summed E-state index contributed by atoms with van der Waals surface area (Å²) in [7, 11) is 0. The van der Waals surface area contributed by atoms with Crippen LogP contribution < -0.4 is 0 Å². The molecule has 0 rings (SSSR count). The molecule has 0 aromatic rings. The number of carbonyl (C=O) groups excluding carboxylic acids is 1. The molecule has 0 bridgehead atoms. The minimum atomic E-state index is -7.47. The van der Waals surface area contributed by atoms with Gasteiger partial charge >= 0.3 is 41.8 Å². The van der Waals surface area contributed by atoms with Crippen molar-refractivity contribution in [2.45, 2.75) is 55.1 Å². The summed E-state index contributed by atoms with van der Waals surface area (Å²) < 4.78 is 172. The number of alkyl halides is 13. The highest BCUT2D eigenvalue weighted by Gasteiger charge is 2.85. The highest BCUT2D eigenvalue weighted by atomic mass is 19.4. The average molecular weight is 446 g/mol. The minimum absolute atomic E-state index is 0.347. The summed E-state index contributed by atoms with van der Waals surface area (Å²) in [4.78, 5) is 10.6. The summed E-state index contributed by atoms with van der Waals surface area (Å²) in [5.41, 5.74) is 0. The van der Waals surface area contributed by atoms with Gasteiger partial charge in [-0.1, -0.05) is 6.58 Å². The van der Waals surface area contributed by atoms with Gasteiger partial charge in [-0.15, -0.1) is 0 Å². The smallest absolute Gasteiger partial charge is 0.389 e. The zero-order valence-corrected chi connectivity index (χ0v) is 13.3. The Kier molecular flexibility index (Phi) is 7.48. The fraction of sp³-hybridized carbons (Fsp3) is 0.769. The van der Waals surface area contributed by atoms with E-state index in [1.807, 2.05) is 0 Å². The predicted molar refractivity (Wildman–Crippen MR) is 65.8 cm³/mol. The lowest BCUT2D eigenvalue weighted by Crippen LogP contribution is -2.67. The summed E-state index contributed by atoms with van der Waals surface area (Å²) in [6, 6.07) is 0. The molecule has 0 atom stereocenters. The maximum Gasteiger partial charge on any atom is 0.389 e. The highest BCUT2D eigenvalue weighted by molar-refractivity contribution is 5.81. The maximum atomic E-state index is 13.4. The van der Waals surface area contributed by atoms with E-state index in [1.54, 1.807) is 0 Å². The van der Waals surface area contributed by atoms with E-state index in [1.165, 1.54) is 0 Å². The molecule has 0 aliphatic rings. The lowest BCUT2D eigenvalue weighted by Gasteiger charge is -2.39. The zero-order valence-electron chi connectivity index (χ0n) is 13.3. The van der Waals surface area contributed by atoms with Crippen LogP contribution in [-0.2, 0) is 9.53 Å². The molecule has 166 valence electrons. The topological polar surface area (TPSA) is 26.3 Å². The fourth-order valence-electron chi connectivity index (χ4n) is 1.61. The summed E-state index contributed by atoms with van der Waals surface area (Å²) in [5, 5.41) is 0. The molecule has 0 saturated carbocycles. The molecule has 0 fully saturated rings. The fourth-order valence-corrected chi connectivity index (χ4v) is 1.61. The summed E-state index contributed by atoms with van der Waals surface area (Å²) in [5.74, 6) is -35.9. The van der Waals surface area contributed by atoms with Crippen LogP contribution in [0.1, 0.15) is 19.3 Å². The zero-order chi connectivity index (χ0) is 22.8. The van der Waals surface area contributed by atoms with Gasteiger partial charge in [0.25, 0.3) is 0 Å². The first-order valence-corrected chi connectivity index (χ1v) is 6.91. The number of esters is 1. The van der Waals surface area contributed by atoms with Gasteiger partial charge in [-0.3, -0.25) is 0 Å². The Morgan fingerprint density at radius 2 is 1.07 bits per heavy atom. The van der Waals surface area contributed by atoms with Gasteiger partial charge < -0.3 is 4.74 Å². The van der Waals surface area contributed by atoms with Crippen molar-refractivity contribution in [3.05, 3.63) is 12.7 Å². The Morgan fingerprint density at radius 3 is 1.43 bits per heavy atom. The number of hydrogen-bond acceptors (Lipinski definition) is 2. The van der Waals surface area contributed by atoms with E-state index in [-0.39, 0.29) is 0 Å². The van der Waals surface area contributed by atoms with Crippen LogP contribution in [0.15, 0.2) is 12.7 Å². The van der Waals surface area contributed by atoms with E-state index in [0.717, 1.165) is 0 Å². The van der Waals surface area contributed by atoms with Crippen LogP contribution in [-0.4, -0.2) is 48.4 Å². The summed E-state index contributed by atoms with van der Waals surface area (Å²) in [6.07, 6.45) is -13.5. The molecule has 0 aromatic heterocycles. The number of rotatable bonds is 10. The van der Waals surface area contributed by atoms with Crippen LogP contribution in [0.5, 0.6) is 0 Å². The molecule has 0 radical (unpaired) electrons. The molecule has 0 spiro atoms. The molecule has 0 aliphatic heterocycles. The summed E-state index contributed by atoms with van der Waals surface area (Å²) in [6.45, 7) is 1.06. The van der Waals surface area contributed by atoms with Gasteiger partial charge in [0.2, 0.25) is 0 Å². The van der Waals surface area contributed by atoms with Gasteiger partial charge in [0, 0.05) is 18.9 Å². The number of hydrogen-bond donors (Lipinski definition) is 0. The minimum Gasteiger partial charge on any atom is -0.462 e. The van der Waals surface area contributed by atoms with Crippen LogP contribution in [0, 0.1) is 0 Å². The predicted octanol–water partition coefficient (Wildman–Crippen LogP) is 5.62. The third-order valence-corrected chi connectivity index (χ3v) is 3.26. The van der Waals surface area contributed by atoms with Crippen molar-refractivity contribution >= 4 is 5.97 Å². The van der Waals surface area contributed by atoms with Gasteiger partial charge in [0.1, 0.15) is 0 Å². The SMILES string of the molecule is C=CC(=O)OCCC(F)(F)C(F)(F)C(F)(F)C(F)(F)C(F)(F)CCC(F)(F)F. The molecule has 0 heterocycles. The number of ether oxygens (including phenoxy) is 1. The molecule has 0 aliphatic carbocycles. The molecule has 0 aromatic carbocycles. The first-order chi connectivity index (χ1) is 12.2. The van der Waals surface area contributed by atoms with Crippen LogP contribution in [0.3, 0.4) is 0 Å². The van der Waals surface area contributed by atoms with E-state index in [4.69, 9.17) is 0 Å². The van der Waals surface area contributed by atoms with Gasteiger partial charge in [-0.05, 0) is 0 Å². The monoisotopic (exact) mass is 446 g/mol. The van der Waals surface area contributed by atoms with Gasteiger partial charge in [0.15, 0.2) is 0 Å². The molecule has 0 amide bonds. The van der Waals surface area contributed by atoms with E-state index in [2.05, 4.69) is 11.3 Å². The van der Waals surface area contributed by atoms with Crippen molar-refractivity contribution in [3.8, 4) is 0 Å². The largest absolute Gasteiger partial charge is 0.462 e. The van der Waals surface area contributed by atoms with E-state index in [0.29, 0.717) is 6.08 Å². The average Bonchev–Trinajstić information content (AvgIpc) is 2.51. The van der Waals surface area contributed by atoms with Crippen LogP contribution in [0.25, 0.3) is 0 Å². The van der Waals surface area contributed by atoms with Gasteiger partial charge in [0.05, 0.1) is 13.0 Å². The van der Waals surface area contributed by atoms with Crippen molar-refractivity contribution in [2.24, 2.45) is 0 Å². The Balaban J connectivity index is 5.69. The second-order valence-electron chi connectivity index (χ2n) is 5.37. The van der Waals surface area contributed by atoms with Crippen molar-refractivity contribution in [1.29, 1.82) is 0 Å². The Morgan fingerprint density at radius 1 is 0.679 bits per heavy atom. The van der Waals surface area contributed by atoms with Crippen molar-refractivity contribution < 1.29 is 66.6 Å². The lowest BCUT2D eigenvalue weighted by molar-refractivity contribution is -0.403. The second-order valence-corrected chi connectivity index (χ2v) is 5.37. The molecule has 0 unspecified atom stereocenters. The normalized spacial score (nSPS) is 14.8. The molecule has 28 heavy (non-hydrogen) atoms. The third kappa shape index (κ3) is 5.21. The molecule has 15 heteroatoms. The first-order valence-electron chi connectivity index (χ1n) is 6.91. The van der Waals surface area contributed by atoms with E-state index < -0.39 is 67.6 Å². The molecular formula is C13H11F13O2. The maximum absolute atomic E-state index is 13.4. The van der Waals surface area contributed by atoms with E-state index >= 15 is 0 Å². The van der Waals surface area contributed by atoms with Crippen LogP contribution >= 0.6 is 0 Å². The van der Waals surface area contributed by atoms with Gasteiger partial charge in [-0.2, -0.15) is 57.1 Å². The van der Waals surface area contributed by atoms with Crippen LogP contribution in [0.2, 0.25) is 0 Å². The second kappa shape index (κ2) is 7.97. The molecule has 0 N–H and O–H groups in total. The van der Waals surface area contributed by atoms with Crippen molar-refractivity contribution in [3.63, 3.8) is 0 Å². The van der Waals surface area contributed by atoms with Gasteiger partial charge in [-0.25, -0.2) is 4.79 Å². The number of halogens is 13. The highest BCUT2D eigenvalue weighted by Crippen LogP contribution is 2.58. The Hall–Kier alpha value is -1.70. The van der Waals surface area contributed by atoms with Crippen molar-refractivity contribution in [2.75, 3.05) is 6.61 Å². The quantitative estimate of drug-likeness (QED) is 0.247. The summed E-state index contributed by atoms with van der Waals surface area (Å²) >= 11 is 0. The standard InChI is InChI=1S/C13H11F13O2/c1-2-7(27)28-6-5-9(16,17)12(23,24)13(25,26)11(21,22)8(14,15)3-4-10(18,19)20/h2H,1,3-6H2. The number of carbonyl (C=O) groups is 1. The third-order valence-electron chi connectivity index (χ3n) is 3.26. The Labute approximate surface area is 148 Å². The van der Waals surface area contributed by atoms with E-state index in [9.17, 15) is 61.9 Å². The first kappa shape index (κ1) is 26.3. The van der Waals surface area contributed by atoms with Crippen LogP contribution in [0.4, 0.5) is 57.1 Å². The van der Waals surface area contributed by atoms with Crippen molar-refractivity contribution in [1.82, 2.24) is 0 Å².